The van der Waals surface area contributed by atoms with E-state index in [2.05, 4.69) is 31.9 Å². The van der Waals surface area contributed by atoms with Crippen molar-refractivity contribution in [3.63, 3.8) is 0 Å². The van der Waals surface area contributed by atoms with E-state index in [-0.39, 0.29) is 19.1 Å². The summed E-state index contributed by atoms with van der Waals surface area (Å²) in [5.41, 5.74) is 1.74. The van der Waals surface area contributed by atoms with Gasteiger partial charge in [0.2, 0.25) is 0 Å². The van der Waals surface area contributed by atoms with E-state index < -0.39 is 0 Å². The van der Waals surface area contributed by atoms with Crippen LogP contribution in [0.4, 0.5) is 5.69 Å². The van der Waals surface area contributed by atoms with E-state index in [1.165, 1.54) is 4.90 Å². The van der Waals surface area contributed by atoms with E-state index in [4.69, 9.17) is 10.00 Å². The highest BCUT2D eigenvalue weighted by Gasteiger charge is 2.17. The summed E-state index contributed by atoms with van der Waals surface area (Å²) < 4.78 is 7.17. The van der Waals surface area contributed by atoms with Gasteiger partial charge in [0.05, 0.1) is 15.0 Å². The van der Waals surface area contributed by atoms with Gasteiger partial charge in [0.25, 0.3) is 5.91 Å². The van der Waals surface area contributed by atoms with Gasteiger partial charge in [-0.2, -0.15) is 5.26 Å². The SMILES string of the molecule is Cc1cc(Br)c(OCC(=O)N(CC#N)c2ccccc2)c(Br)c1. The lowest BCUT2D eigenvalue weighted by molar-refractivity contribution is -0.120. The monoisotopic (exact) mass is 436 g/mol. The Balaban J connectivity index is 2.13. The Labute approximate surface area is 151 Å². The first-order valence-corrected chi connectivity index (χ1v) is 8.42. The number of amides is 1. The van der Waals surface area contributed by atoms with Crippen LogP contribution in [0, 0.1) is 18.3 Å². The van der Waals surface area contributed by atoms with E-state index in [1.807, 2.05) is 43.3 Å². The fourth-order valence-electron chi connectivity index (χ4n) is 2.04. The predicted octanol–water partition coefficient (Wildman–Crippen LogP) is 4.46. The molecule has 2 aromatic carbocycles. The van der Waals surface area contributed by atoms with E-state index in [0.29, 0.717) is 11.4 Å². The number of carbonyl (C=O) groups is 1. The zero-order chi connectivity index (χ0) is 16.8. The lowest BCUT2D eigenvalue weighted by atomic mass is 10.2. The molecule has 2 aromatic rings. The summed E-state index contributed by atoms with van der Waals surface area (Å²) in [7, 11) is 0. The van der Waals surface area contributed by atoms with Crippen molar-refractivity contribution in [1.82, 2.24) is 0 Å². The van der Waals surface area contributed by atoms with Crippen molar-refractivity contribution in [3.8, 4) is 11.8 Å². The number of aryl methyl sites for hydroxylation is 1. The summed E-state index contributed by atoms with van der Waals surface area (Å²) in [6, 6.07) is 14.9. The Bertz CT molecular complexity index is 719. The van der Waals surface area contributed by atoms with Crippen molar-refractivity contribution in [1.29, 1.82) is 5.26 Å². The largest absolute Gasteiger partial charge is 0.481 e. The average molecular weight is 438 g/mol. The molecule has 0 aliphatic carbocycles. The van der Waals surface area contributed by atoms with Gasteiger partial charge < -0.3 is 4.74 Å². The van der Waals surface area contributed by atoms with Crippen molar-refractivity contribution in [2.24, 2.45) is 0 Å². The fraction of sp³-hybridized carbons (Fsp3) is 0.176. The van der Waals surface area contributed by atoms with Gasteiger partial charge in [-0.15, -0.1) is 0 Å². The van der Waals surface area contributed by atoms with Gasteiger partial charge in [0.1, 0.15) is 12.3 Å². The minimum Gasteiger partial charge on any atom is -0.481 e. The Hall–Kier alpha value is -1.84. The summed E-state index contributed by atoms with van der Waals surface area (Å²) >= 11 is 6.86. The molecule has 0 bridgehead atoms. The lowest BCUT2D eigenvalue weighted by Crippen LogP contribution is -2.35. The molecule has 0 atom stereocenters. The molecule has 0 heterocycles. The number of ether oxygens (including phenoxy) is 1. The molecule has 4 nitrogen and oxygen atoms in total. The van der Waals surface area contributed by atoms with Crippen molar-refractivity contribution < 1.29 is 9.53 Å². The molecule has 0 spiro atoms. The van der Waals surface area contributed by atoms with Crippen molar-refractivity contribution in [3.05, 3.63) is 57.0 Å². The first-order valence-electron chi connectivity index (χ1n) is 6.83. The summed E-state index contributed by atoms with van der Waals surface area (Å²) in [5.74, 6) is 0.283. The quantitative estimate of drug-likeness (QED) is 0.649. The van der Waals surface area contributed by atoms with Gasteiger partial charge >= 0.3 is 0 Å². The number of hydrogen-bond donors (Lipinski definition) is 0. The summed E-state index contributed by atoms with van der Waals surface area (Å²) in [6.07, 6.45) is 0. The number of anilines is 1. The predicted molar refractivity (Wildman–Crippen MR) is 96.5 cm³/mol. The zero-order valence-electron chi connectivity index (χ0n) is 12.4. The molecule has 0 saturated heterocycles. The number of halogens is 2. The third-order valence-electron chi connectivity index (χ3n) is 3.08. The molecule has 0 radical (unpaired) electrons. The van der Waals surface area contributed by atoms with Gasteiger partial charge in [0.15, 0.2) is 6.61 Å². The molecule has 0 fully saturated rings. The highest BCUT2D eigenvalue weighted by Crippen LogP contribution is 2.34. The van der Waals surface area contributed by atoms with Crippen LogP contribution in [0.5, 0.6) is 5.75 Å². The lowest BCUT2D eigenvalue weighted by Gasteiger charge is -2.20. The molecule has 2 rings (SSSR count). The highest BCUT2D eigenvalue weighted by molar-refractivity contribution is 9.11. The fourth-order valence-corrected chi connectivity index (χ4v) is 3.68. The number of hydrogen-bond acceptors (Lipinski definition) is 3. The molecule has 23 heavy (non-hydrogen) atoms. The number of benzene rings is 2. The van der Waals surface area contributed by atoms with E-state index in [9.17, 15) is 4.79 Å². The normalized spacial score (nSPS) is 10.0. The third-order valence-corrected chi connectivity index (χ3v) is 4.26. The van der Waals surface area contributed by atoms with Gasteiger partial charge in [-0.25, -0.2) is 0 Å². The van der Waals surface area contributed by atoms with Gasteiger partial charge in [-0.05, 0) is 68.6 Å². The molecule has 0 N–H and O–H groups in total. The van der Waals surface area contributed by atoms with Crippen LogP contribution in [0.25, 0.3) is 0 Å². The van der Waals surface area contributed by atoms with E-state index in [1.54, 1.807) is 12.1 Å². The van der Waals surface area contributed by atoms with E-state index in [0.717, 1.165) is 14.5 Å². The molecule has 6 heteroatoms. The molecular weight excluding hydrogens is 424 g/mol. The van der Waals surface area contributed by atoms with Gasteiger partial charge in [-0.3, -0.25) is 9.69 Å². The number of para-hydroxylation sites is 1. The Morgan fingerprint density at radius 3 is 2.39 bits per heavy atom. The molecular formula is C17H14Br2N2O2. The molecule has 0 saturated carbocycles. The molecule has 1 amide bonds. The standard InChI is InChI=1S/C17H14Br2N2O2/c1-12-9-14(18)17(15(19)10-12)23-11-16(22)21(8-7-20)13-5-3-2-4-6-13/h2-6,9-10H,8,11H2,1H3. The first-order chi connectivity index (χ1) is 11.0. The number of nitrogens with zero attached hydrogens (tertiary/aromatic N) is 2. The van der Waals surface area contributed by atoms with Crippen LogP contribution in [0.15, 0.2) is 51.4 Å². The maximum absolute atomic E-state index is 12.4. The second-order valence-corrected chi connectivity index (χ2v) is 6.53. The smallest absolute Gasteiger partial charge is 0.265 e. The van der Waals surface area contributed by atoms with Crippen molar-refractivity contribution in [2.75, 3.05) is 18.1 Å². The topological polar surface area (TPSA) is 53.3 Å². The van der Waals surface area contributed by atoms with Crippen LogP contribution in [0.1, 0.15) is 5.56 Å². The van der Waals surface area contributed by atoms with E-state index >= 15 is 0 Å². The number of rotatable bonds is 5. The van der Waals surface area contributed by atoms with Gasteiger partial charge in [0, 0.05) is 5.69 Å². The Kier molecular flexibility index (Phi) is 6.20. The summed E-state index contributed by atoms with van der Waals surface area (Å²) in [4.78, 5) is 13.8. The van der Waals surface area contributed by atoms with Crippen LogP contribution in [-0.2, 0) is 4.79 Å². The maximum atomic E-state index is 12.4. The minimum atomic E-state index is -0.280. The first kappa shape index (κ1) is 17.5. The minimum absolute atomic E-state index is 0.0254. The zero-order valence-corrected chi connectivity index (χ0v) is 15.6. The van der Waals surface area contributed by atoms with Crippen LogP contribution in [0.3, 0.4) is 0 Å². The average Bonchev–Trinajstić information content (AvgIpc) is 2.52. The van der Waals surface area contributed by atoms with Crippen LogP contribution in [-0.4, -0.2) is 19.1 Å². The van der Waals surface area contributed by atoms with Crippen LogP contribution < -0.4 is 9.64 Å². The van der Waals surface area contributed by atoms with Crippen LogP contribution in [0.2, 0.25) is 0 Å². The Morgan fingerprint density at radius 2 is 1.83 bits per heavy atom. The molecule has 0 unspecified atom stereocenters. The third kappa shape index (κ3) is 4.57. The second kappa shape index (κ2) is 8.14. The molecule has 118 valence electrons. The number of carbonyl (C=O) groups excluding carboxylic acids is 1. The highest BCUT2D eigenvalue weighted by atomic mass is 79.9. The van der Waals surface area contributed by atoms with Crippen LogP contribution >= 0.6 is 31.9 Å². The maximum Gasteiger partial charge on any atom is 0.265 e. The second-order valence-electron chi connectivity index (χ2n) is 4.82. The van der Waals surface area contributed by atoms with Gasteiger partial charge in [-0.1, -0.05) is 18.2 Å². The number of nitriles is 1. The summed E-state index contributed by atoms with van der Waals surface area (Å²) in [6.45, 7) is 1.79. The Morgan fingerprint density at radius 1 is 1.22 bits per heavy atom. The summed E-state index contributed by atoms with van der Waals surface area (Å²) in [5, 5.41) is 8.95. The molecule has 0 aromatic heterocycles. The van der Waals surface area contributed by atoms with Crippen molar-refractivity contribution >= 4 is 43.5 Å². The van der Waals surface area contributed by atoms with Crippen molar-refractivity contribution in [2.45, 2.75) is 6.92 Å². The molecule has 0 aliphatic rings. The molecule has 0 aliphatic heterocycles.